The zero-order valence-electron chi connectivity index (χ0n) is 20.4. The predicted molar refractivity (Wildman–Crippen MR) is 145 cm³/mol. The van der Waals surface area contributed by atoms with Gasteiger partial charge in [0.1, 0.15) is 5.69 Å². The van der Waals surface area contributed by atoms with Gasteiger partial charge in [0.15, 0.2) is 5.82 Å². The zero-order chi connectivity index (χ0) is 26.1. The SMILES string of the molecule is Cc1[nH]c(-c2n[nH]c3ccc(-c4cncc(NC(=O)c5ccccc5)c4)cc23)nc1C(C=N)c1ccoc1. The van der Waals surface area contributed by atoms with Crippen molar-refractivity contribution in [2.75, 3.05) is 5.32 Å². The molecule has 4 N–H and O–H groups in total. The molecule has 0 aliphatic rings. The Morgan fingerprint density at radius 2 is 1.95 bits per heavy atom. The van der Waals surface area contributed by atoms with Crippen LogP contribution in [0.5, 0.6) is 0 Å². The van der Waals surface area contributed by atoms with E-state index in [4.69, 9.17) is 14.8 Å². The summed E-state index contributed by atoms with van der Waals surface area (Å²) in [5, 5.41) is 19.3. The minimum Gasteiger partial charge on any atom is -0.472 e. The number of furan rings is 1. The molecule has 2 aromatic carbocycles. The van der Waals surface area contributed by atoms with E-state index in [1.165, 1.54) is 6.21 Å². The maximum absolute atomic E-state index is 12.6. The standard InChI is InChI=1S/C29H23N7O2/c1-17-26(24(13-30)20-9-10-38-16-20)34-28(32-17)27-23-12-19(7-8-25(23)35-36-27)21-11-22(15-31-14-21)33-29(37)18-5-3-2-4-6-18/h2-16,24,30H,1H3,(H,32,34)(H,33,37)(H,35,36). The van der Waals surface area contributed by atoms with Crippen molar-refractivity contribution in [1.29, 1.82) is 5.41 Å². The Morgan fingerprint density at radius 1 is 1.08 bits per heavy atom. The van der Waals surface area contributed by atoms with Crippen molar-refractivity contribution in [3.8, 4) is 22.6 Å². The van der Waals surface area contributed by atoms with Crippen molar-refractivity contribution in [3.05, 3.63) is 108 Å². The summed E-state index contributed by atoms with van der Waals surface area (Å²) in [6.45, 7) is 1.93. The van der Waals surface area contributed by atoms with Gasteiger partial charge in [-0.25, -0.2) is 4.98 Å². The Kier molecular flexibility index (Phi) is 5.85. The second kappa shape index (κ2) is 9.62. The third-order valence-electron chi connectivity index (χ3n) is 6.44. The average Bonchev–Trinajstić information content (AvgIpc) is 3.70. The molecule has 0 fully saturated rings. The molecule has 0 aliphatic carbocycles. The molecular formula is C29H23N7O2. The first-order chi connectivity index (χ1) is 18.6. The van der Waals surface area contributed by atoms with E-state index in [1.807, 2.05) is 55.5 Å². The molecule has 38 heavy (non-hydrogen) atoms. The number of H-pyrrole nitrogens is 2. The summed E-state index contributed by atoms with van der Waals surface area (Å²) in [6.07, 6.45) is 7.96. The molecule has 0 radical (unpaired) electrons. The molecule has 1 amide bonds. The van der Waals surface area contributed by atoms with Crippen LogP contribution in [0.15, 0.2) is 90.0 Å². The van der Waals surface area contributed by atoms with E-state index < -0.39 is 0 Å². The van der Waals surface area contributed by atoms with Crippen LogP contribution in [0.25, 0.3) is 33.5 Å². The van der Waals surface area contributed by atoms with E-state index in [9.17, 15) is 4.79 Å². The van der Waals surface area contributed by atoms with E-state index in [2.05, 4.69) is 25.5 Å². The number of amides is 1. The van der Waals surface area contributed by atoms with Crippen molar-refractivity contribution in [1.82, 2.24) is 25.1 Å². The second-order valence-electron chi connectivity index (χ2n) is 8.91. The number of hydrogen-bond donors (Lipinski definition) is 4. The Bertz CT molecular complexity index is 1750. The molecule has 0 aliphatic heterocycles. The second-order valence-corrected chi connectivity index (χ2v) is 8.91. The fourth-order valence-electron chi connectivity index (χ4n) is 4.51. The van der Waals surface area contributed by atoms with Crippen LogP contribution in [0.2, 0.25) is 0 Å². The van der Waals surface area contributed by atoms with Crippen LogP contribution >= 0.6 is 0 Å². The molecule has 9 nitrogen and oxygen atoms in total. The fourth-order valence-corrected chi connectivity index (χ4v) is 4.51. The number of aryl methyl sites for hydroxylation is 1. The van der Waals surface area contributed by atoms with Gasteiger partial charge in [-0.3, -0.25) is 14.9 Å². The van der Waals surface area contributed by atoms with E-state index in [-0.39, 0.29) is 11.8 Å². The van der Waals surface area contributed by atoms with Gasteiger partial charge in [0, 0.05) is 40.2 Å². The van der Waals surface area contributed by atoms with Crippen LogP contribution in [0.3, 0.4) is 0 Å². The number of fused-ring (bicyclic) bond motifs is 1. The first-order valence-electron chi connectivity index (χ1n) is 12.0. The van der Waals surface area contributed by atoms with Crippen LogP contribution in [0.4, 0.5) is 5.69 Å². The number of pyridine rings is 1. The first-order valence-corrected chi connectivity index (χ1v) is 12.0. The molecule has 1 atom stereocenters. The number of carbonyl (C=O) groups is 1. The predicted octanol–water partition coefficient (Wildman–Crippen LogP) is 5.95. The van der Waals surface area contributed by atoms with Gasteiger partial charge in [-0.15, -0.1) is 0 Å². The van der Waals surface area contributed by atoms with Crippen molar-refractivity contribution >= 4 is 28.7 Å². The fraction of sp³-hybridized carbons (Fsp3) is 0.0690. The number of nitrogens with one attached hydrogen (secondary N) is 4. The lowest BCUT2D eigenvalue weighted by atomic mass is 9.99. The largest absolute Gasteiger partial charge is 0.472 e. The van der Waals surface area contributed by atoms with E-state index >= 15 is 0 Å². The average molecular weight is 502 g/mol. The molecule has 0 bridgehead atoms. The molecule has 4 aromatic heterocycles. The maximum Gasteiger partial charge on any atom is 0.255 e. The third kappa shape index (κ3) is 4.26. The lowest BCUT2D eigenvalue weighted by Gasteiger charge is -2.08. The van der Waals surface area contributed by atoms with Gasteiger partial charge < -0.3 is 20.1 Å². The molecule has 0 saturated carbocycles. The van der Waals surface area contributed by atoms with Crippen LogP contribution in [-0.4, -0.2) is 37.3 Å². The van der Waals surface area contributed by atoms with Crippen LogP contribution in [0.1, 0.15) is 33.2 Å². The number of anilines is 1. The Balaban J connectivity index is 1.33. The molecule has 186 valence electrons. The van der Waals surface area contributed by atoms with Crippen LogP contribution in [0, 0.1) is 12.3 Å². The Morgan fingerprint density at radius 3 is 2.74 bits per heavy atom. The summed E-state index contributed by atoms with van der Waals surface area (Å²) >= 11 is 0. The molecule has 0 spiro atoms. The number of benzene rings is 2. The first kappa shape index (κ1) is 23.1. The third-order valence-corrected chi connectivity index (χ3v) is 6.44. The number of nitrogens with zero attached hydrogens (tertiary/aromatic N) is 3. The zero-order valence-corrected chi connectivity index (χ0v) is 20.4. The number of carbonyl (C=O) groups excluding carboxylic acids is 1. The highest BCUT2D eigenvalue weighted by Gasteiger charge is 2.22. The van der Waals surface area contributed by atoms with Gasteiger partial charge in [-0.2, -0.15) is 5.10 Å². The van der Waals surface area contributed by atoms with Gasteiger partial charge in [0.25, 0.3) is 5.91 Å². The maximum atomic E-state index is 12.6. The topological polar surface area (TPSA) is 136 Å². The minimum atomic E-state index is -0.320. The highest BCUT2D eigenvalue weighted by molar-refractivity contribution is 6.04. The Hall–Kier alpha value is -5.31. The van der Waals surface area contributed by atoms with Gasteiger partial charge in [0.05, 0.1) is 41.5 Å². The highest BCUT2D eigenvalue weighted by Crippen LogP contribution is 2.32. The number of hydrogen-bond acceptors (Lipinski definition) is 6. The number of imidazole rings is 1. The summed E-state index contributed by atoms with van der Waals surface area (Å²) in [7, 11) is 0. The Labute approximate surface area is 217 Å². The van der Waals surface area contributed by atoms with E-state index in [0.717, 1.165) is 39.0 Å². The van der Waals surface area contributed by atoms with Crippen LogP contribution < -0.4 is 5.32 Å². The molecule has 9 heteroatoms. The lowest BCUT2D eigenvalue weighted by Crippen LogP contribution is -2.11. The number of rotatable bonds is 7. The smallest absolute Gasteiger partial charge is 0.255 e. The molecule has 4 heterocycles. The molecule has 0 saturated heterocycles. The number of aromatic nitrogens is 5. The van der Waals surface area contributed by atoms with E-state index in [0.29, 0.717) is 22.8 Å². The minimum absolute atomic E-state index is 0.195. The molecule has 6 rings (SSSR count). The number of aromatic amines is 2. The van der Waals surface area contributed by atoms with Crippen LogP contribution in [-0.2, 0) is 0 Å². The summed E-state index contributed by atoms with van der Waals surface area (Å²) in [5.41, 5.74) is 6.95. The van der Waals surface area contributed by atoms with E-state index in [1.54, 1.807) is 37.1 Å². The molecular weight excluding hydrogens is 478 g/mol. The van der Waals surface area contributed by atoms with Gasteiger partial charge in [-0.1, -0.05) is 24.3 Å². The summed E-state index contributed by atoms with van der Waals surface area (Å²) in [5.74, 6) is 0.0948. The molecule has 1 unspecified atom stereocenters. The van der Waals surface area contributed by atoms with Crippen molar-refractivity contribution < 1.29 is 9.21 Å². The van der Waals surface area contributed by atoms with Crippen molar-refractivity contribution in [2.24, 2.45) is 0 Å². The summed E-state index contributed by atoms with van der Waals surface area (Å²) in [4.78, 5) is 25.1. The summed E-state index contributed by atoms with van der Waals surface area (Å²) < 4.78 is 5.22. The summed E-state index contributed by atoms with van der Waals surface area (Å²) in [6, 6.07) is 18.7. The van der Waals surface area contributed by atoms with Gasteiger partial charge in [0.2, 0.25) is 0 Å². The quantitative estimate of drug-likeness (QED) is 0.200. The van der Waals surface area contributed by atoms with Crippen molar-refractivity contribution in [3.63, 3.8) is 0 Å². The molecule has 6 aromatic rings. The van der Waals surface area contributed by atoms with Crippen molar-refractivity contribution in [2.45, 2.75) is 12.8 Å². The monoisotopic (exact) mass is 501 g/mol. The normalized spacial score (nSPS) is 11.9. The van der Waals surface area contributed by atoms with Gasteiger partial charge >= 0.3 is 0 Å². The van der Waals surface area contributed by atoms with Gasteiger partial charge in [-0.05, 0) is 48.9 Å². The highest BCUT2D eigenvalue weighted by atomic mass is 16.3. The lowest BCUT2D eigenvalue weighted by molar-refractivity contribution is 0.102.